The zero-order valence-electron chi connectivity index (χ0n) is 14.8. The van der Waals surface area contributed by atoms with Crippen LogP contribution < -0.4 is 4.90 Å². The molecule has 0 aromatic carbocycles. The maximum absolute atomic E-state index is 5.78. The van der Waals surface area contributed by atoms with Gasteiger partial charge in [-0.25, -0.2) is 9.97 Å². The van der Waals surface area contributed by atoms with Crippen LogP contribution in [0.25, 0.3) is 0 Å². The smallest absolute Gasteiger partial charge is 0.225 e. The number of morpholine rings is 1. The van der Waals surface area contributed by atoms with E-state index in [-0.39, 0.29) is 11.6 Å². The van der Waals surface area contributed by atoms with Crippen LogP contribution in [0.1, 0.15) is 26.3 Å². The van der Waals surface area contributed by atoms with Crippen LogP contribution in [0.5, 0.6) is 0 Å². The Bertz CT molecular complexity index is 510. The van der Waals surface area contributed by atoms with Crippen LogP contribution in [0.4, 0.5) is 5.95 Å². The van der Waals surface area contributed by atoms with E-state index in [9.17, 15) is 0 Å². The molecule has 3 heterocycles. The van der Waals surface area contributed by atoms with E-state index in [1.807, 2.05) is 12.4 Å². The van der Waals surface area contributed by atoms with Crippen molar-refractivity contribution in [3.05, 3.63) is 18.0 Å². The molecule has 6 heteroatoms. The molecule has 2 aliphatic heterocycles. The molecule has 1 atom stereocenters. The number of aromatic nitrogens is 2. The van der Waals surface area contributed by atoms with Crippen molar-refractivity contribution < 1.29 is 4.74 Å². The molecule has 1 aromatic heterocycles. The number of piperazine rings is 1. The van der Waals surface area contributed by atoms with E-state index in [1.165, 1.54) is 5.56 Å². The zero-order valence-corrected chi connectivity index (χ0v) is 14.8. The first-order chi connectivity index (χ1) is 10.9. The van der Waals surface area contributed by atoms with Crippen molar-refractivity contribution in [1.29, 1.82) is 0 Å². The lowest BCUT2D eigenvalue weighted by molar-refractivity contribution is -0.0950. The second-order valence-corrected chi connectivity index (χ2v) is 7.50. The summed E-state index contributed by atoms with van der Waals surface area (Å²) in [5, 5.41) is 0. The third-order valence-corrected chi connectivity index (χ3v) is 4.91. The molecule has 0 unspecified atom stereocenters. The van der Waals surface area contributed by atoms with Gasteiger partial charge in [0.05, 0.1) is 12.7 Å². The average Bonchev–Trinajstić information content (AvgIpc) is 2.53. The molecule has 2 saturated heterocycles. The fourth-order valence-electron chi connectivity index (χ4n) is 3.15. The molecule has 23 heavy (non-hydrogen) atoms. The fraction of sp³-hybridized carbons (Fsp3) is 0.765. The van der Waals surface area contributed by atoms with Gasteiger partial charge in [-0.1, -0.05) is 0 Å². The van der Waals surface area contributed by atoms with Gasteiger partial charge in [0.2, 0.25) is 5.95 Å². The largest absolute Gasteiger partial charge is 0.375 e. The SMILES string of the molecule is C[C@H]1CN(Cc2cnc(N3CCN(C)CC3)nc2)C(C)(C)CO1. The van der Waals surface area contributed by atoms with Crippen LogP contribution in [0.15, 0.2) is 12.4 Å². The molecule has 3 rings (SSSR count). The molecule has 0 bridgehead atoms. The Kier molecular flexibility index (Phi) is 4.85. The fourth-order valence-corrected chi connectivity index (χ4v) is 3.15. The van der Waals surface area contributed by atoms with E-state index < -0.39 is 0 Å². The normalized spacial score (nSPS) is 26.4. The highest BCUT2D eigenvalue weighted by atomic mass is 16.5. The van der Waals surface area contributed by atoms with Crippen LogP contribution in [-0.2, 0) is 11.3 Å². The van der Waals surface area contributed by atoms with Crippen molar-refractivity contribution in [1.82, 2.24) is 19.8 Å². The van der Waals surface area contributed by atoms with Gasteiger partial charge in [-0.3, -0.25) is 4.90 Å². The molecule has 1 aromatic rings. The molecule has 0 radical (unpaired) electrons. The van der Waals surface area contributed by atoms with E-state index in [2.05, 4.69) is 52.5 Å². The van der Waals surface area contributed by atoms with Gasteiger partial charge >= 0.3 is 0 Å². The monoisotopic (exact) mass is 319 g/mol. The number of anilines is 1. The zero-order chi connectivity index (χ0) is 16.4. The summed E-state index contributed by atoms with van der Waals surface area (Å²) in [7, 11) is 2.16. The first-order valence-electron chi connectivity index (χ1n) is 8.55. The Hall–Kier alpha value is -1.24. The predicted molar refractivity (Wildman–Crippen MR) is 91.6 cm³/mol. The third-order valence-electron chi connectivity index (χ3n) is 4.91. The Morgan fingerprint density at radius 2 is 1.83 bits per heavy atom. The third kappa shape index (κ3) is 4.00. The van der Waals surface area contributed by atoms with Crippen molar-refractivity contribution in [3.63, 3.8) is 0 Å². The summed E-state index contributed by atoms with van der Waals surface area (Å²) in [4.78, 5) is 16.3. The lowest BCUT2D eigenvalue weighted by atomic mass is 10.0. The second-order valence-electron chi connectivity index (χ2n) is 7.50. The summed E-state index contributed by atoms with van der Waals surface area (Å²) in [6, 6.07) is 0. The van der Waals surface area contributed by atoms with Crippen molar-refractivity contribution in [2.75, 3.05) is 51.3 Å². The second kappa shape index (κ2) is 6.71. The van der Waals surface area contributed by atoms with Gasteiger partial charge < -0.3 is 14.5 Å². The lowest BCUT2D eigenvalue weighted by Crippen LogP contribution is -2.54. The Morgan fingerprint density at radius 3 is 2.48 bits per heavy atom. The number of hydrogen-bond acceptors (Lipinski definition) is 6. The average molecular weight is 319 g/mol. The molecule has 0 N–H and O–H groups in total. The number of likely N-dealkylation sites (N-methyl/N-ethyl adjacent to an activating group) is 1. The predicted octanol–water partition coefficient (Wildman–Crippen LogP) is 1.23. The van der Waals surface area contributed by atoms with Crippen molar-refractivity contribution >= 4 is 5.95 Å². The van der Waals surface area contributed by atoms with Crippen molar-refractivity contribution in [3.8, 4) is 0 Å². The van der Waals surface area contributed by atoms with Gasteiger partial charge in [0.15, 0.2) is 0 Å². The Labute approximate surface area is 139 Å². The first-order valence-corrected chi connectivity index (χ1v) is 8.55. The molecule has 0 amide bonds. The molecule has 2 aliphatic rings. The van der Waals surface area contributed by atoms with Crippen LogP contribution in [0.3, 0.4) is 0 Å². The molecule has 0 spiro atoms. The van der Waals surface area contributed by atoms with E-state index >= 15 is 0 Å². The van der Waals surface area contributed by atoms with E-state index in [1.54, 1.807) is 0 Å². The Morgan fingerprint density at radius 1 is 1.17 bits per heavy atom. The van der Waals surface area contributed by atoms with E-state index in [0.29, 0.717) is 0 Å². The van der Waals surface area contributed by atoms with E-state index in [4.69, 9.17) is 4.74 Å². The number of nitrogens with zero attached hydrogens (tertiary/aromatic N) is 5. The van der Waals surface area contributed by atoms with Crippen molar-refractivity contribution in [2.45, 2.75) is 39.0 Å². The van der Waals surface area contributed by atoms with Gasteiger partial charge in [0.1, 0.15) is 0 Å². The van der Waals surface area contributed by atoms with Gasteiger partial charge in [0, 0.05) is 62.8 Å². The highest BCUT2D eigenvalue weighted by molar-refractivity contribution is 5.30. The topological polar surface area (TPSA) is 44.7 Å². The van der Waals surface area contributed by atoms with Crippen LogP contribution >= 0.6 is 0 Å². The van der Waals surface area contributed by atoms with Crippen LogP contribution in [0.2, 0.25) is 0 Å². The lowest BCUT2D eigenvalue weighted by Gasteiger charge is -2.44. The minimum Gasteiger partial charge on any atom is -0.375 e. The summed E-state index contributed by atoms with van der Waals surface area (Å²) in [6.07, 6.45) is 4.25. The van der Waals surface area contributed by atoms with Gasteiger partial charge in [0.25, 0.3) is 0 Å². The summed E-state index contributed by atoms with van der Waals surface area (Å²) in [6.45, 7) is 13.4. The molecule has 0 saturated carbocycles. The number of hydrogen-bond donors (Lipinski definition) is 0. The van der Waals surface area contributed by atoms with Gasteiger partial charge in [-0.05, 0) is 27.8 Å². The highest BCUT2D eigenvalue weighted by Crippen LogP contribution is 2.24. The summed E-state index contributed by atoms with van der Waals surface area (Å²) >= 11 is 0. The Balaban J connectivity index is 1.63. The van der Waals surface area contributed by atoms with Crippen LogP contribution in [0, 0.1) is 0 Å². The van der Waals surface area contributed by atoms with E-state index in [0.717, 1.165) is 51.8 Å². The van der Waals surface area contributed by atoms with Gasteiger partial charge in [-0.2, -0.15) is 0 Å². The quantitative estimate of drug-likeness (QED) is 0.835. The standard InChI is InChI=1S/C17H29N5O/c1-14-11-22(17(2,3)13-23-14)12-15-9-18-16(19-10-15)21-7-5-20(4)6-8-21/h9-10,14H,5-8,11-13H2,1-4H3/t14-/m0/s1. The number of rotatable bonds is 3. The maximum Gasteiger partial charge on any atom is 0.225 e. The molecule has 2 fully saturated rings. The summed E-state index contributed by atoms with van der Waals surface area (Å²) in [5.74, 6) is 0.858. The van der Waals surface area contributed by atoms with Gasteiger partial charge in [-0.15, -0.1) is 0 Å². The minimum atomic E-state index is 0.0582. The molecule has 128 valence electrons. The minimum absolute atomic E-state index is 0.0582. The molecule has 6 nitrogen and oxygen atoms in total. The molecular formula is C17H29N5O. The summed E-state index contributed by atoms with van der Waals surface area (Å²) < 4.78 is 5.78. The summed E-state index contributed by atoms with van der Waals surface area (Å²) in [5.41, 5.74) is 1.23. The number of ether oxygens (including phenoxy) is 1. The molecule has 0 aliphatic carbocycles. The van der Waals surface area contributed by atoms with Crippen molar-refractivity contribution in [2.24, 2.45) is 0 Å². The maximum atomic E-state index is 5.78. The highest BCUT2D eigenvalue weighted by Gasteiger charge is 2.33. The molecular weight excluding hydrogens is 290 g/mol. The first kappa shape index (κ1) is 16.6. The van der Waals surface area contributed by atoms with Crippen LogP contribution in [-0.4, -0.2) is 77.8 Å².